The predicted octanol–water partition coefficient (Wildman–Crippen LogP) is 3.10. The zero-order valence-corrected chi connectivity index (χ0v) is 18.3. The number of nitrogens with one attached hydrogen (secondary N) is 3. The average Bonchev–Trinajstić information content (AvgIpc) is 3.50. The van der Waals surface area contributed by atoms with Crippen LogP contribution >= 0.6 is 11.3 Å². The highest BCUT2D eigenvalue weighted by Gasteiger charge is 2.15. The molecule has 1 fully saturated rings. The van der Waals surface area contributed by atoms with Crippen molar-refractivity contribution in [2.75, 3.05) is 30.8 Å². The first-order valence-corrected chi connectivity index (χ1v) is 11.2. The number of thiazole rings is 1. The van der Waals surface area contributed by atoms with Crippen molar-refractivity contribution < 1.29 is 4.74 Å². The van der Waals surface area contributed by atoms with Crippen LogP contribution in [-0.2, 0) is 0 Å². The van der Waals surface area contributed by atoms with Gasteiger partial charge in [0.1, 0.15) is 17.4 Å². The fourth-order valence-corrected chi connectivity index (χ4v) is 4.22. The second kappa shape index (κ2) is 9.28. The molecule has 1 atom stereocenters. The zero-order chi connectivity index (χ0) is 21.8. The van der Waals surface area contributed by atoms with Crippen molar-refractivity contribution in [2.45, 2.75) is 18.9 Å². The van der Waals surface area contributed by atoms with Gasteiger partial charge >= 0.3 is 0 Å². The van der Waals surface area contributed by atoms with E-state index in [1.807, 2.05) is 42.5 Å². The van der Waals surface area contributed by atoms with Crippen LogP contribution in [0.25, 0.3) is 16.4 Å². The first kappa shape index (κ1) is 20.3. The number of rotatable bonds is 7. The van der Waals surface area contributed by atoms with Crippen LogP contribution in [0, 0.1) is 0 Å². The molecule has 4 heterocycles. The molecule has 164 valence electrons. The van der Waals surface area contributed by atoms with Gasteiger partial charge in [-0.25, -0.2) is 9.97 Å². The normalized spacial score (nSPS) is 16.0. The smallest absolute Gasteiger partial charge is 0.216 e. The highest BCUT2D eigenvalue weighted by Crippen LogP contribution is 2.30. The highest BCUT2D eigenvalue weighted by molar-refractivity contribution is 7.18. The number of nitrogens with zero attached hydrogens (tertiary/aromatic N) is 6. The Balaban J connectivity index is 1.32. The topological polar surface area (TPSA) is 115 Å². The minimum absolute atomic E-state index is 0.348. The van der Waals surface area contributed by atoms with Crippen molar-refractivity contribution in [1.29, 1.82) is 0 Å². The van der Waals surface area contributed by atoms with Crippen LogP contribution in [0.3, 0.4) is 0 Å². The molecule has 1 saturated heterocycles. The van der Waals surface area contributed by atoms with Gasteiger partial charge in [-0.05, 0) is 36.7 Å². The number of ether oxygens (including phenoxy) is 1. The van der Waals surface area contributed by atoms with E-state index in [0.717, 1.165) is 48.1 Å². The maximum absolute atomic E-state index is 5.46. The molecule has 1 aliphatic rings. The molecule has 3 N–H and O–H groups in total. The first-order valence-electron chi connectivity index (χ1n) is 10.4. The van der Waals surface area contributed by atoms with Gasteiger partial charge in [0.25, 0.3) is 0 Å². The number of pyridine rings is 1. The van der Waals surface area contributed by atoms with Crippen LogP contribution in [-0.4, -0.2) is 56.4 Å². The van der Waals surface area contributed by atoms with E-state index < -0.39 is 0 Å². The summed E-state index contributed by atoms with van der Waals surface area (Å²) in [7, 11) is 1.65. The summed E-state index contributed by atoms with van der Waals surface area (Å²) in [6.45, 7) is 1.99. The van der Waals surface area contributed by atoms with E-state index in [1.54, 1.807) is 13.3 Å². The number of hydrogen-bond acceptors (Lipinski definition) is 10. The molecule has 0 radical (unpaired) electrons. The number of methoxy groups -OCH3 is 1. The highest BCUT2D eigenvalue weighted by atomic mass is 32.1. The van der Waals surface area contributed by atoms with Gasteiger partial charge < -0.3 is 20.7 Å². The number of hydrogen-bond donors (Lipinski definition) is 3. The van der Waals surface area contributed by atoms with E-state index in [2.05, 4.69) is 41.3 Å². The van der Waals surface area contributed by atoms with Gasteiger partial charge in [-0.15, -0.1) is 15.0 Å². The molecule has 0 saturated carbocycles. The Bertz CT molecular complexity index is 1170. The lowest BCUT2D eigenvalue weighted by molar-refractivity contribution is 0.414. The molecule has 0 bridgehead atoms. The molecule has 1 aliphatic heterocycles. The van der Waals surface area contributed by atoms with E-state index in [0.29, 0.717) is 22.8 Å². The molecule has 0 aliphatic carbocycles. The minimum Gasteiger partial charge on any atom is -0.496 e. The zero-order valence-electron chi connectivity index (χ0n) is 17.5. The molecule has 5 rings (SSSR count). The molecule has 4 aromatic rings. The number of aromatic nitrogens is 6. The number of anilines is 3. The van der Waals surface area contributed by atoms with Crippen molar-refractivity contribution in [2.24, 2.45) is 0 Å². The largest absolute Gasteiger partial charge is 0.496 e. The van der Waals surface area contributed by atoms with Crippen molar-refractivity contribution in [3.8, 4) is 22.1 Å². The van der Waals surface area contributed by atoms with Crippen LogP contribution < -0.4 is 20.7 Å². The second-order valence-corrected chi connectivity index (χ2v) is 8.39. The van der Waals surface area contributed by atoms with E-state index in [1.165, 1.54) is 16.1 Å². The molecule has 0 spiro atoms. The fraction of sp³-hybridized carbons (Fsp3) is 0.286. The molecular formula is C21H23N9OS. The van der Waals surface area contributed by atoms with Crippen LogP contribution in [0.5, 0.6) is 5.75 Å². The monoisotopic (exact) mass is 449 g/mol. The summed E-state index contributed by atoms with van der Waals surface area (Å²) in [4.78, 5) is 11.4. The predicted molar refractivity (Wildman–Crippen MR) is 124 cm³/mol. The summed E-state index contributed by atoms with van der Waals surface area (Å²) in [6.07, 6.45) is 3.99. The van der Waals surface area contributed by atoms with E-state index in [-0.39, 0.29) is 0 Å². The molecule has 10 nitrogen and oxygen atoms in total. The van der Waals surface area contributed by atoms with Gasteiger partial charge in [0.15, 0.2) is 5.13 Å². The summed E-state index contributed by atoms with van der Waals surface area (Å²) in [6, 6.07) is 13.8. The third-order valence-electron chi connectivity index (χ3n) is 5.05. The van der Waals surface area contributed by atoms with Crippen molar-refractivity contribution in [1.82, 2.24) is 35.5 Å². The lowest BCUT2D eigenvalue weighted by atomic mass is 10.1. The van der Waals surface area contributed by atoms with Gasteiger partial charge in [-0.2, -0.15) is 0 Å². The molecule has 3 aromatic heterocycles. The minimum atomic E-state index is 0.348. The quantitative estimate of drug-likeness (QED) is 0.391. The lowest BCUT2D eigenvalue weighted by Crippen LogP contribution is -2.38. The van der Waals surface area contributed by atoms with Crippen LogP contribution in [0.2, 0.25) is 0 Å². The Kier molecular flexibility index (Phi) is 5.90. The van der Waals surface area contributed by atoms with E-state index in [9.17, 15) is 0 Å². The summed E-state index contributed by atoms with van der Waals surface area (Å²) in [5, 5.41) is 23.6. The Hall–Kier alpha value is -3.57. The lowest BCUT2D eigenvalue weighted by Gasteiger charge is -2.24. The molecule has 0 unspecified atom stereocenters. The Morgan fingerprint density at radius 3 is 2.88 bits per heavy atom. The number of para-hydroxylation sites is 1. The first-order chi connectivity index (χ1) is 15.8. The number of piperidine rings is 1. The van der Waals surface area contributed by atoms with Crippen molar-refractivity contribution in [3.63, 3.8) is 0 Å². The van der Waals surface area contributed by atoms with Gasteiger partial charge in [-0.1, -0.05) is 29.5 Å². The molecule has 0 amide bonds. The average molecular weight is 450 g/mol. The van der Waals surface area contributed by atoms with Crippen LogP contribution in [0.1, 0.15) is 12.8 Å². The van der Waals surface area contributed by atoms with E-state index >= 15 is 0 Å². The number of tetrazole rings is 1. The summed E-state index contributed by atoms with van der Waals surface area (Å²) < 4.78 is 5.46. The summed E-state index contributed by atoms with van der Waals surface area (Å²) in [5.41, 5.74) is 0.850. The van der Waals surface area contributed by atoms with Crippen LogP contribution in [0.15, 0.2) is 48.7 Å². The standard InChI is InChI=1S/C21H23N9OS/c1-31-16-10-18(24-14-6-5-9-22-12-14)25-19(11-16)26-21-23-13-17(32-21)20-27-29-30(28-20)15-7-3-2-4-8-15/h2-4,7-8,10-11,13-14,22H,5-6,9,12H2,1H3,(H2,23,24,25,26)/t14-/m0/s1. The van der Waals surface area contributed by atoms with E-state index in [4.69, 9.17) is 4.74 Å². The van der Waals surface area contributed by atoms with Gasteiger partial charge in [0, 0.05) is 24.7 Å². The Labute approximate surface area is 189 Å². The second-order valence-electron chi connectivity index (χ2n) is 7.36. The molecule has 1 aromatic carbocycles. The van der Waals surface area contributed by atoms with Gasteiger partial charge in [0.05, 0.1) is 23.9 Å². The molecule has 32 heavy (non-hydrogen) atoms. The maximum atomic E-state index is 5.46. The number of benzene rings is 1. The van der Waals surface area contributed by atoms with Crippen LogP contribution in [0.4, 0.5) is 16.8 Å². The summed E-state index contributed by atoms with van der Waals surface area (Å²) in [5.74, 6) is 2.66. The van der Waals surface area contributed by atoms with Crippen molar-refractivity contribution >= 4 is 28.1 Å². The van der Waals surface area contributed by atoms with Crippen molar-refractivity contribution in [3.05, 3.63) is 48.7 Å². The molecule has 11 heteroatoms. The SMILES string of the molecule is COc1cc(Nc2ncc(-c3nnn(-c4ccccc4)n3)s2)nc(N[C@H]2CCCNC2)c1. The molecular weight excluding hydrogens is 426 g/mol. The van der Waals surface area contributed by atoms with Gasteiger partial charge in [0.2, 0.25) is 5.82 Å². The third-order valence-corrected chi connectivity index (χ3v) is 5.95. The fourth-order valence-electron chi connectivity index (χ4n) is 3.47. The maximum Gasteiger partial charge on any atom is 0.216 e. The third kappa shape index (κ3) is 4.68. The summed E-state index contributed by atoms with van der Waals surface area (Å²) >= 11 is 1.43. The Morgan fingerprint density at radius 2 is 2.06 bits per heavy atom. The van der Waals surface area contributed by atoms with Gasteiger partial charge in [-0.3, -0.25) is 0 Å². The Morgan fingerprint density at radius 1 is 1.19 bits per heavy atom.